The van der Waals surface area contributed by atoms with Gasteiger partial charge in [-0.05, 0) is 20.3 Å². The van der Waals surface area contributed by atoms with Crippen molar-refractivity contribution in [2.45, 2.75) is 27.2 Å². The van der Waals surface area contributed by atoms with Gasteiger partial charge in [0.1, 0.15) is 5.56 Å². The van der Waals surface area contributed by atoms with Crippen LogP contribution in [0.15, 0.2) is 17.1 Å². The van der Waals surface area contributed by atoms with Crippen LogP contribution >= 0.6 is 11.3 Å². The Morgan fingerprint density at radius 1 is 1.47 bits per heavy atom. The van der Waals surface area contributed by atoms with Crippen LogP contribution in [0.3, 0.4) is 0 Å². The van der Waals surface area contributed by atoms with E-state index in [2.05, 4.69) is 4.98 Å². The third-order valence-corrected chi connectivity index (χ3v) is 3.91. The molecule has 0 fully saturated rings. The van der Waals surface area contributed by atoms with E-state index in [0.29, 0.717) is 10.8 Å². The van der Waals surface area contributed by atoms with E-state index in [1.54, 1.807) is 11.5 Å². The molecule has 0 spiro atoms. The molecule has 0 aliphatic rings. The number of carbonyl (C=O) groups is 1. The van der Waals surface area contributed by atoms with Gasteiger partial charge in [0.15, 0.2) is 10.6 Å². The summed E-state index contributed by atoms with van der Waals surface area (Å²) in [5, 5.41) is 9.69. The molecule has 6 heteroatoms. The van der Waals surface area contributed by atoms with Crippen LogP contribution in [0.25, 0.3) is 5.13 Å². The van der Waals surface area contributed by atoms with Crippen LogP contribution < -0.4 is 5.43 Å². The summed E-state index contributed by atoms with van der Waals surface area (Å²) in [7, 11) is 0. The first kappa shape index (κ1) is 13.5. The number of carboxylic acid groups (broad SMARTS) is 1. The number of rotatable bonds is 3. The molecule has 2 aromatic rings. The van der Waals surface area contributed by atoms with Crippen molar-refractivity contribution in [3.05, 3.63) is 44.3 Å². The van der Waals surface area contributed by atoms with Crippen molar-refractivity contribution in [3.63, 3.8) is 0 Å². The van der Waals surface area contributed by atoms with E-state index in [9.17, 15) is 9.59 Å². The summed E-state index contributed by atoms with van der Waals surface area (Å²) in [6.45, 7) is 5.76. The highest BCUT2D eigenvalue weighted by molar-refractivity contribution is 7.14. The van der Waals surface area contributed by atoms with Crippen LogP contribution in [0.2, 0.25) is 0 Å². The quantitative estimate of drug-likeness (QED) is 0.934. The molecule has 0 aromatic carbocycles. The monoisotopic (exact) mass is 278 g/mol. The van der Waals surface area contributed by atoms with Crippen LogP contribution in [0.1, 0.15) is 33.5 Å². The number of hydrogen-bond acceptors (Lipinski definition) is 4. The van der Waals surface area contributed by atoms with E-state index in [1.165, 1.54) is 23.6 Å². The number of thiazole rings is 1. The Bertz CT molecular complexity index is 700. The number of aromatic nitrogens is 2. The predicted octanol–water partition coefficient (Wildman–Crippen LogP) is 2.17. The number of hydrogen-bond donors (Lipinski definition) is 1. The lowest BCUT2D eigenvalue weighted by Crippen LogP contribution is -2.18. The molecular formula is C13H14N2O3S. The SMILES string of the molecule is CCc1nc(-n2cc(C(=O)O)c(=O)cc2C)sc1C. The Kier molecular flexibility index (Phi) is 3.53. The van der Waals surface area contributed by atoms with Crippen molar-refractivity contribution in [3.8, 4) is 5.13 Å². The number of pyridine rings is 1. The van der Waals surface area contributed by atoms with Gasteiger partial charge in [0.2, 0.25) is 0 Å². The largest absolute Gasteiger partial charge is 0.477 e. The predicted molar refractivity (Wildman–Crippen MR) is 73.5 cm³/mol. The van der Waals surface area contributed by atoms with Crippen LogP contribution in [0, 0.1) is 13.8 Å². The molecule has 0 atom stereocenters. The van der Waals surface area contributed by atoms with Crippen molar-refractivity contribution < 1.29 is 9.90 Å². The van der Waals surface area contributed by atoms with Crippen LogP contribution in [0.5, 0.6) is 0 Å². The van der Waals surface area contributed by atoms with Crippen molar-refractivity contribution >= 4 is 17.3 Å². The summed E-state index contributed by atoms with van der Waals surface area (Å²) in [5.41, 5.74) is 0.947. The van der Waals surface area contributed by atoms with Gasteiger partial charge in [-0.3, -0.25) is 9.36 Å². The van der Waals surface area contributed by atoms with Gasteiger partial charge < -0.3 is 5.11 Å². The van der Waals surface area contributed by atoms with E-state index in [1.807, 2.05) is 13.8 Å². The van der Waals surface area contributed by atoms with Gasteiger partial charge in [-0.25, -0.2) is 9.78 Å². The number of aryl methyl sites for hydroxylation is 3. The highest BCUT2D eigenvalue weighted by Gasteiger charge is 2.14. The molecule has 0 bridgehead atoms. The first-order valence-electron chi connectivity index (χ1n) is 5.87. The van der Waals surface area contributed by atoms with Crippen LogP contribution in [-0.4, -0.2) is 20.6 Å². The van der Waals surface area contributed by atoms with E-state index >= 15 is 0 Å². The zero-order chi connectivity index (χ0) is 14.2. The summed E-state index contributed by atoms with van der Waals surface area (Å²) in [6.07, 6.45) is 2.17. The molecule has 0 saturated carbocycles. The number of nitrogens with zero attached hydrogens (tertiary/aromatic N) is 2. The molecule has 2 rings (SSSR count). The van der Waals surface area contributed by atoms with Crippen molar-refractivity contribution in [1.82, 2.24) is 9.55 Å². The van der Waals surface area contributed by atoms with Gasteiger partial charge in [-0.15, -0.1) is 11.3 Å². The highest BCUT2D eigenvalue weighted by atomic mass is 32.1. The van der Waals surface area contributed by atoms with E-state index in [4.69, 9.17) is 5.11 Å². The Labute approximate surface area is 114 Å². The maximum absolute atomic E-state index is 11.6. The minimum Gasteiger partial charge on any atom is -0.477 e. The maximum atomic E-state index is 11.6. The van der Waals surface area contributed by atoms with E-state index in [-0.39, 0.29) is 5.56 Å². The van der Waals surface area contributed by atoms with Gasteiger partial charge in [-0.1, -0.05) is 6.92 Å². The molecule has 0 radical (unpaired) electrons. The lowest BCUT2D eigenvalue weighted by Gasteiger charge is -2.07. The van der Waals surface area contributed by atoms with Crippen LogP contribution in [-0.2, 0) is 6.42 Å². The Hall–Kier alpha value is -1.95. The van der Waals surface area contributed by atoms with Crippen molar-refractivity contribution in [2.75, 3.05) is 0 Å². The molecule has 0 aliphatic carbocycles. The second kappa shape index (κ2) is 4.97. The molecule has 0 aliphatic heterocycles. The fourth-order valence-electron chi connectivity index (χ4n) is 1.84. The Morgan fingerprint density at radius 2 is 2.16 bits per heavy atom. The smallest absolute Gasteiger partial charge is 0.341 e. The second-order valence-electron chi connectivity index (χ2n) is 4.22. The summed E-state index contributed by atoms with van der Waals surface area (Å²) in [4.78, 5) is 28.2. The third-order valence-electron chi connectivity index (χ3n) is 2.90. The lowest BCUT2D eigenvalue weighted by atomic mass is 10.2. The fraction of sp³-hybridized carbons (Fsp3) is 0.308. The number of aromatic carboxylic acids is 1. The second-order valence-corrected chi connectivity index (χ2v) is 5.40. The van der Waals surface area contributed by atoms with Gasteiger partial charge in [0.05, 0.1) is 5.69 Å². The maximum Gasteiger partial charge on any atom is 0.341 e. The van der Waals surface area contributed by atoms with Gasteiger partial charge in [0, 0.05) is 22.8 Å². The standard InChI is InChI=1S/C13H14N2O3S/c1-4-10-8(3)19-13(14-10)15-6-9(12(17)18)11(16)5-7(15)2/h5-6H,4H2,1-3H3,(H,17,18). The Morgan fingerprint density at radius 3 is 2.68 bits per heavy atom. The van der Waals surface area contributed by atoms with Crippen LogP contribution in [0.4, 0.5) is 0 Å². The third kappa shape index (κ3) is 2.44. The normalized spacial score (nSPS) is 10.7. The molecular weight excluding hydrogens is 264 g/mol. The van der Waals surface area contributed by atoms with Gasteiger partial charge in [-0.2, -0.15) is 0 Å². The molecule has 1 N–H and O–H groups in total. The molecule has 2 aromatic heterocycles. The van der Waals surface area contributed by atoms with Crippen molar-refractivity contribution in [2.24, 2.45) is 0 Å². The van der Waals surface area contributed by atoms with Crippen molar-refractivity contribution in [1.29, 1.82) is 0 Å². The Balaban J connectivity index is 2.64. The van der Waals surface area contributed by atoms with E-state index in [0.717, 1.165) is 17.0 Å². The minimum absolute atomic E-state index is 0.239. The summed E-state index contributed by atoms with van der Waals surface area (Å²) < 4.78 is 1.65. The molecule has 100 valence electrons. The fourth-order valence-corrected chi connectivity index (χ4v) is 2.87. The molecule has 0 saturated heterocycles. The first-order chi connectivity index (χ1) is 8.93. The molecule has 5 nitrogen and oxygen atoms in total. The molecule has 19 heavy (non-hydrogen) atoms. The van der Waals surface area contributed by atoms with E-state index < -0.39 is 11.4 Å². The van der Waals surface area contributed by atoms with Gasteiger partial charge in [0.25, 0.3) is 0 Å². The first-order valence-corrected chi connectivity index (χ1v) is 6.69. The summed E-state index contributed by atoms with van der Waals surface area (Å²) in [5.74, 6) is -1.22. The highest BCUT2D eigenvalue weighted by Crippen LogP contribution is 2.22. The zero-order valence-corrected chi connectivity index (χ0v) is 11.7. The average Bonchev–Trinajstić information content (AvgIpc) is 2.69. The zero-order valence-electron chi connectivity index (χ0n) is 10.9. The summed E-state index contributed by atoms with van der Waals surface area (Å²) >= 11 is 1.49. The minimum atomic E-state index is -1.22. The van der Waals surface area contributed by atoms with Gasteiger partial charge >= 0.3 is 5.97 Å². The molecule has 0 unspecified atom stereocenters. The average molecular weight is 278 g/mol. The lowest BCUT2D eigenvalue weighted by molar-refractivity contribution is 0.0695. The summed E-state index contributed by atoms with van der Waals surface area (Å²) in [6, 6.07) is 1.33. The molecule has 2 heterocycles. The topological polar surface area (TPSA) is 72.2 Å². The number of carboxylic acids is 1. The molecule has 0 amide bonds.